The third-order valence-corrected chi connectivity index (χ3v) is 6.87. The molecule has 0 aliphatic heterocycles. The van der Waals surface area contributed by atoms with Crippen LogP contribution in [0.5, 0.6) is 5.75 Å². The first-order valence-corrected chi connectivity index (χ1v) is 13.7. The van der Waals surface area contributed by atoms with Crippen LogP contribution in [0.2, 0.25) is 0 Å². The van der Waals surface area contributed by atoms with Gasteiger partial charge in [0.15, 0.2) is 5.83 Å². The van der Waals surface area contributed by atoms with Crippen molar-refractivity contribution >= 4 is 31.4 Å². The average molecular weight is 572 g/mol. The zero-order valence-electron chi connectivity index (χ0n) is 19.2. The molecule has 16 heteroatoms. The van der Waals surface area contributed by atoms with Gasteiger partial charge in [0, 0.05) is 29.8 Å². The summed E-state index contributed by atoms with van der Waals surface area (Å²) in [5.74, 6) is -3.37. The van der Waals surface area contributed by atoms with Crippen LogP contribution in [-0.2, 0) is 15.5 Å². The fraction of sp³-hybridized carbons (Fsp3) is 0.143. The van der Waals surface area contributed by atoms with E-state index in [0.29, 0.717) is 6.20 Å². The van der Waals surface area contributed by atoms with Crippen molar-refractivity contribution < 1.29 is 37.2 Å². The lowest BCUT2D eigenvalue weighted by atomic mass is 10.1. The number of hydrogen-bond acceptors (Lipinski definition) is 7. The number of nitrogens with one attached hydrogen (secondary N) is 1. The number of benzene rings is 2. The number of nitriles is 1. The van der Waals surface area contributed by atoms with Crippen molar-refractivity contribution in [2.75, 3.05) is 18.7 Å². The van der Waals surface area contributed by atoms with E-state index in [0.717, 1.165) is 37.6 Å². The molecule has 0 heterocycles. The lowest BCUT2D eigenvalue weighted by Crippen LogP contribution is -2.11. The Kier molecular flexibility index (Phi) is 7.68. The number of nitrogens with zero attached hydrogens (tertiary/aromatic N) is 3. The smallest absolute Gasteiger partial charge is 0.310 e. The summed E-state index contributed by atoms with van der Waals surface area (Å²) in [7, 11) is -12.5. The molecule has 0 aliphatic rings. The van der Waals surface area contributed by atoms with Gasteiger partial charge < -0.3 is 15.8 Å². The van der Waals surface area contributed by atoms with Gasteiger partial charge in [-0.05, 0) is 35.9 Å². The number of hydrogen-bond donors (Lipinski definition) is 2. The van der Waals surface area contributed by atoms with Gasteiger partial charge in [-0.1, -0.05) is 26.0 Å². The molecule has 2 aromatic rings. The molecular weight excluding hydrogens is 551 g/mol. The summed E-state index contributed by atoms with van der Waals surface area (Å²) in [5.41, 5.74) is 3.42. The molecule has 37 heavy (non-hydrogen) atoms. The van der Waals surface area contributed by atoms with Gasteiger partial charge in [-0.2, -0.15) is 5.26 Å². The van der Waals surface area contributed by atoms with Crippen molar-refractivity contribution in [2.24, 2.45) is 15.1 Å². The number of methoxy groups -OCH3 is 1. The van der Waals surface area contributed by atoms with Gasteiger partial charge >= 0.3 is 10.2 Å². The molecule has 0 spiro atoms. The minimum atomic E-state index is -10.2. The van der Waals surface area contributed by atoms with E-state index in [1.807, 2.05) is 0 Å². The van der Waals surface area contributed by atoms with E-state index < -0.39 is 65.0 Å². The molecule has 0 saturated heterocycles. The highest BCUT2D eigenvalue weighted by Crippen LogP contribution is 3.02. The molecule has 0 bridgehead atoms. The van der Waals surface area contributed by atoms with Gasteiger partial charge in [0.2, 0.25) is 6.19 Å². The number of aliphatic imine (C=N–C) groups is 1. The maximum atomic E-state index is 14.5. The second kappa shape index (κ2) is 9.63. The Labute approximate surface area is 208 Å². The van der Waals surface area contributed by atoms with Gasteiger partial charge in [0.25, 0.3) is 0 Å². The van der Waals surface area contributed by atoms with Crippen molar-refractivity contribution in [1.82, 2.24) is 0 Å². The third kappa shape index (κ3) is 8.15. The van der Waals surface area contributed by atoms with Crippen molar-refractivity contribution in [3.63, 3.8) is 0 Å². The maximum Gasteiger partial charge on any atom is 0.310 e. The highest BCUT2D eigenvalue weighted by molar-refractivity contribution is 8.45. The zero-order valence-corrected chi connectivity index (χ0v) is 20.8. The maximum absolute atomic E-state index is 14.5. The fourth-order valence-electron chi connectivity index (χ4n) is 2.98. The van der Waals surface area contributed by atoms with Gasteiger partial charge in [-0.25, -0.2) is 18.0 Å². The monoisotopic (exact) mass is 571 g/mol. The van der Waals surface area contributed by atoms with Crippen molar-refractivity contribution in [3.8, 4) is 11.9 Å². The number of anilines is 1. The van der Waals surface area contributed by atoms with Crippen LogP contribution in [0.4, 0.5) is 33.9 Å². The molecule has 0 fully saturated rings. The first kappa shape index (κ1) is 29.5. The highest BCUT2D eigenvalue weighted by atomic mass is 32.5. The second-order valence-electron chi connectivity index (χ2n) is 7.52. The normalized spacial score (nSPS) is 16.0. The molecule has 3 N–H and O–H groups in total. The second-order valence-corrected chi connectivity index (χ2v) is 12.3. The van der Waals surface area contributed by atoms with Crippen LogP contribution in [0.3, 0.4) is 0 Å². The minimum absolute atomic E-state index is 0.0674. The Morgan fingerprint density at radius 2 is 1.89 bits per heavy atom. The lowest BCUT2D eigenvalue weighted by molar-refractivity contribution is 0.364. The minimum Gasteiger partial charge on any atom is -0.496 e. The highest BCUT2D eigenvalue weighted by Gasteiger charge is 2.65. The van der Waals surface area contributed by atoms with Crippen molar-refractivity contribution in [3.05, 3.63) is 77.8 Å². The summed E-state index contributed by atoms with van der Waals surface area (Å²) >= 11 is 0. The third-order valence-electron chi connectivity index (χ3n) is 4.41. The average Bonchev–Trinajstić information content (AvgIpc) is 2.74. The van der Waals surface area contributed by atoms with E-state index in [2.05, 4.69) is 21.3 Å². The molecule has 0 saturated carbocycles. The zero-order chi connectivity index (χ0) is 28.3. The van der Waals surface area contributed by atoms with Gasteiger partial charge in [-0.3, -0.25) is 0 Å². The van der Waals surface area contributed by atoms with Crippen LogP contribution in [0.25, 0.3) is 0 Å². The Balaban J connectivity index is 2.64. The quantitative estimate of drug-likeness (QED) is 0.197. The predicted octanol–water partition coefficient (Wildman–Crippen LogP) is 6.71. The summed E-state index contributed by atoms with van der Waals surface area (Å²) in [6, 6.07) is 4.04. The van der Waals surface area contributed by atoms with Crippen LogP contribution in [0, 0.1) is 17.3 Å². The number of allylic oxidation sites excluding steroid dienone is 1. The van der Waals surface area contributed by atoms with E-state index in [-0.39, 0.29) is 23.4 Å². The van der Waals surface area contributed by atoms with Crippen molar-refractivity contribution in [2.45, 2.75) is 10.6 Å². The van der Waals surface area contributed by atoms with Gasteiger partial charge in [-0.15, -0.1) is 4.36 Å². The van der Waals surface area contributed by atoms with Gasteiger partial charge in [0.1, 0.15) is 28.0 Å². The molecule has 0 radical (unpaired) electrons. The molecule has 2 aromatic carbocycles. The van der Waals surface area contributed by atoms with Crippen molar-refractivity contribution in [1.29, 1.82) is 5.26 Å². The molecular formula is C21H20F7N5O2S2. The first-order chi connectivity index (χ1) is 16.8. The fourth-order valence-corrected chi connectivity index (χ4v) is 4.72. The predicted molar refractivity (Wildman–Crippen MR) is 129 cm³/mol. The molecule has 2 rings (SSSR count). The van der Waals surface area contributed by atoms with Crippen LogP contribution in [0.1, 0.15) is 11.1 Å². The lowest BCUT2D eigenvalue weighted by Gasteiger charge is -2.41. The van der Waals surface area contributed by atoms with Crippen LogP contribution in [-0.4, -0.2) is 23.3 Å². The summed E-state index contributed by atoms with van der Waals surface area (Å²) in [4.78, 5) is 1.50. The molecule has 0 aliphatic carbocycles. The summed E-state index contributed by atoms with van der Waals surface area (Å²) < 4.78 is 116. The molecule has 1 atom stereocenters. The molecule has 0 aromatic heterocycles. The van der Waals surface area contributed by atoms with E-state index >= 15 is 0 Å². The van der Waals surface area contributed by atoms with E-state index in [1.165, 1.54) is 6.19 Å². The van der Waals surface area contributed by atoms with Crippen LogP contribution < -0.4 is 15.8 Å². The van der Waals surface area contributed by atoms with E-state index in [1.54, 1.807) is 0 Å². The number of nitrogens with two attached hydrogens (primary N) is 1. The summed E-state index contributed by atoms with van der Waals surface area (Å²) in [6.45, 7) is 3.44. The summed E-state index contributed by atoms with van der Waals surface area (Å²) in [6.07, 6.45) is 2.72. The largest absolute Gasteiger partial charge is 0.496 e. The molecule has 0 amide bonds. The van der Waals surface area contributed by atoms with Crippen LogP contribution in [0.15, 0.2) is 75.1 Å². The van der Waals surface area contributed by atoms with Gasteiger partial charge in [0.05, 0.1) is 22.6 Å². The summed E-state index contributed by atoms with van der Waals surface area (Å²) in [5, 5.41) is 10.9. The Bertz CT molecular complexity index is 1470. The molecule has 7 nitrogen and oxygen atoms in total. The Hall–Kier alpha value is -3.71. The SMILES string of the molecule is C=C(/N=C(\C(F)=C/N)c1ccc(F)cc1OC)Nc1cc(CS(C)(=O)=NC#N)cc(S(F)(F)(F)(F)F)c1. The molecule has 1 unspecified atom stereocenters. The van der Waals surface area contributed by atoms with E-state index in [4.69, 9.17) is 15.7 Å². The number of ether oxygens (including phenoxy) is 1. The Morgan fingerprint density at radius 3 is 2.43 bits per heavy atom. The van der Waals surface area contributed by atoms with Crippen LogP contribution >= 0.6 is 10.2 Å². The van der Waals surface area contributed by atoms with E-state index in [9.17, 15) is 32.4 Å². The number of halogens is 7. The topological polar surface area (TPSA) is 113 Å². The molecule has 202 valence electrons. The number of rotatable bonds is 9. The standard InChI is InChI=1S/C21H20F7N5O2S2/c1-13(33-21(19(23)10-29)18-5-4-15(22)8-20(18)35-2)32-16-6-14(11-36(3,34)31-12-30)7-17(9-16)37(24,25,26,27)28/h4-10,32H,1,11,29H2,2-3H3/b19-10+,33-21-. The Morgan fingerprint density at radius 1 is 1.24 bits per heavy atom. The first-order valence-electron chi connectivity index (χ1n) is 9.71.